The molecular weight excluding hydrogens is 653 g/mol. The third kappa shape index (κ3) is 5.26. The summed E-state index contributed by atoms with van der Waals surface area (Å²) in [5, 5.41) is 5.06. The summed E-state index contributed by atoms with van der Waals surface area (Å²) in [7, 11) is 0. The first-order chi connectivity index (χ1) is 26.7. The fourth-order valence-corrected chi connectivity index (χ4v) is 8.46. The molecule has 2 heteroatoms. The van der Waals surface area contributed by atoms with Crippen molar-refractivity contribution in [3.8, 4) is 33.6 Å². The van der Waals surface area contributed by atoms with Crippen LogP contribution in [0.1, 0.15) is 23.5 Å². The molecule has 1 aliphatic rings. The zero-order valence-electron chi connectivity index (χ0n) is 30.0. The third-order valence-corrected chi connectivity index (χ3v) is 11.2. The number of nitrogens with zero attached hydrogens (tertiary/aromatic N) is 2. The molecule has 2 aromatic heterocycles. The Morgan fingerprint density at radius 2 is 1.02 bits per heavy atom. The van der Waals surface area contributed by atoms with Crippen LogP contribution in [0.2, 0.25) is 0 Å². The van der Waals surface area contributed by atoms with E-state index in [1.54, 1.807) is 0 Å². The van der Waals surface area contributed by atoms with Gasteiger partial charge in [0.25, 0.3) is 0 Å². The number of aromatic nitrogens is 2. The van der Waals surface area contributed by atoms with E-state index >= 15 is 0 Å². The lowest BCUT2D eigenvalue weighted by Gasteiger charge is -2.17. The van der Waals surface area contributed by atoms with Crippen LogP contribution in [0.3, 0.4) is 0 Å². The Bertz CT molecular complexity index is 2980. The van der Waals surface area contributed by atoms with Crippen molar-refractivity contribution in [2.75, 3.05) is 0 Å². The normalized spacial score (nSPS) is 14.2. The third-order valence-electron chi connectivity index (χ3n) is 11.2. The molecule has 0 fully saturated rings. The van der Waals surface area contributed by atoms with Crippen LogP contribution in [-0.4, -0.2) is 9.13 Å². The van der Waals surface area contributed by atoms with Crippen molar-refractivity contribution in [2.45, 2.75) is 12.3 Å². The summed E-state index contributed by atoms with van der Waals surface area (Å²) < 4.78 is 4.78. The van der Waals surface area contributed by atoms with Gasteiger partial charge in [0.15, 0.2) is 0 Å². The lowest BCUT2D eigenvalue weighted by atomic mass is 9.87. The van der Waals surface area contributed by atoms with Crippen LogP contribution in [0, 0.1) is 0 Å². The summed E-state index contributed by atoms with van der Waals surface area (Å²) in [6.45, 7) is 7.97. The minimum Gasteiger partial charge on any atom is -0.309 e. The van der Waals surface area contributed by atoms with Gasteiger partial charge < -0.3 is 9.13 Å². The summed E-state index contributed by atoms with van der Waals surface area (Å²) in [5.74, 6) is 0.355. The van der Waals surface area contributed by atoms with Gasteiger partial charge in [0, 0.05) is 38.8 Å². The van der Waals surface area contributed by atoms with E-state index in [-0.39, 0.29) is 0 Å². The van der Waals surface area contributed by atoms with Gasteiger partial charge in [0.05, 0.1) is 22.1 Å². The highest BCUT2D eigenvalue weighted by molar-refractivity contribution is 6.11. The number of fused-ring (bicyclic) bond motifs is 6. The van der Waals surface area contributed by atoms with Gasteiger partial charge in [-0.15, -0.1) is 0 Å². The molecule has 0 saturated carbocycles. The predicted octanol–water partition coefficient (Wildman–Crippen LogP) is 14.0. The molecule has 0 aliphatic heterocycles. The van der Waals surface area contributed by atoms with Gasteiger partial charge in [0.2, 0.25) is 0 Å². The largest absolute Gasteiger partial charge is 0.309 e. The first-order valence-electron chi connectivity index (χ1n) is 18.7. The molecule has 2 nitrogen and oxygen atoms in total. The molecule has 2 heterocycles. The summed E-state index contributed by atoms with van der Waals surface area (Å²) in [6, 6.07) is 57.8. The zero-order valence-corrected chi connectivity index (χ0v) is 30.0. The van der Waals surface area contributed by atoms with E-state index < -0.39 is 0 Å². The highest BCUT2D eigenvalue weighted by Crippen LogP contribution is 2.38. The Morgan fingerprint density at radius 1 is 0.463 bits per heavy atom. The van der Waals surface area contributed by atoms with Gasteiger partial charge in [-0.1, -0.05) is 135 Å². The molecule has 9 aromatic rings. The number of rotatable bonds is 7. The van der Waals surface area contributed by atoms with Crippen molar-refractivity contribution < 1.29 is 0 Å². The van der Waals surface area contributed by atoms with Crippen LogP contribution in [0.15, 0.2) is 201 Å². The van der Waals surface area contributed by atoms with Crippen LogP contribution in [0.4, 0.5) is 0 Å². The quantitative estimate of drug-likeness (QED) is 0.158. The van der Waals surface area contributed by atoms with Crippen molar-refractivity contribution in [1.29, 1.82) is 0 Å². The first-order valence-corrected chi connectivity index (χ1v) is 18.7. The van der Waals surface area contributed by atoms with E-state index in [9.17, 15) is 0 Å². The standard InChI is InChI=1S/C52H38N2/c1-3-35-11-9-13-39(31-35)41-23-29-51-47(33-41)45-15-5-7-17-49(45)53(51)43-25-19-37(20-26-43)38-21-27-44(28-22-38)54-50-18-8-6-16-46(50)48-34-42(24-30-52(48)54)40-14-10-12-36(4-2)32-40/h3-31,33-34,40H,1-2,32H2. The Kier molecular flexibility index (Phi) is 7.63. The molecular formula is C52H38N2. The minimum absolute atomic E-state index is 0.355. The number of para-hydroxylation sites is 2. The van der Waals surface area contributed by atoms with Crippen LogP contribution in [-0.2, 0) is 0 Å². The Balaban J connectivity index is 0.987. The van der Waals surface area contributed by atoms with E-state index in [0.717, 1.165) is 23.4 Å². The molecule has 0 radical (unpaired) electrons. The van der Waals surface area contributed by atoms with E-state index in [2.05, 4.69) is 198 Å². The second-order valence-electron chi connectivity index (χ2n) is 14.3. The van der Waals surface area contributed by atoms with Gasteiger partial charge >= 0.3 is 0 Å². The number of hydrogen-bond donors (Lipinski definition) is 0. The molecule has 7 aromatic carbocycles. The molecule has 0 spiro atoms. The van der Waals surface area contributed by atoms with Crippen LogP contribution in [0.25, 0.3) is 83.3 Å². The molecule has 1 aliphatic carbocycles. The fraction of sp³-hybridized carbons (Fsp3) is 0.0385. The average Bonchev–Trinajstić information content (AvgIpc) is 3.76. The lowest BCUT2D eigenvalue weighted by Crippen LogP contribution is -2.00. The molecule has 0 bridgehead atoms. The molecule has 0 amide bonds. The Labute approximate surface area is 315 Å². The SMILES string of the molecule is C=CC1=CC=CC(c2ccc3c(c2)c2ccccc2n3-c2ccc(-c3ccc(-n4c5ccccc5c5cc(-c6cccc(C=C)c6)ccc54)cc3)cc2)C1. The predicted molar refractivity (Wildman–Crippen MR) is 231 cm³/mol. The maximum atomic E-state index is 4.01. The van der Waals surface area contributed by atoms with Crippen molar-refractivity contribution >= 4 is 49.7 Å². The molecule has 54 heavy (non-hydrogen) atoms. The van der Waals surface area contributed by atoms with Crippen molar-refractivity contribution in [2.24, 2.45) is 0 Å². The van der Waals surface area contributed by atoms with Gasteiger partial charge in [-0.05, 0) is 112 Å². The Hall–Kier alpha value is -6.90. The van der Waals surface area contributed by atoms with E-state index in [4.69, 9.17) is 0 Å². The number of benzene rings is 7. The van der Waals surface area contributed by atoms with Crippen LogP contribution >= 0.6 is 0 Å². The van der Waals surface area contributed by atoms with E-state index in [1.165, 1.54) is 77.0 Å². The molecule has 256 valence electrons. The highest BCUT2D eigenvalue weighted by Gasteiger charge is 2.18. The molecule has 0 N–H and O–H groups in total. The van der Waals surface area contributed by atoms with Crippen LogP contribution in [0.5, 0.6) is 0 Å². The molecule has 1 atom stereocenters. The molecule has 0 saturated heterocycles. The highest BCUT2D eigenvalue weighted by atomic mass is 15.0. The summed E-state index contributed by atoms with van der Waals surface area (Å²) in [5.41, 5.74) is 15.7. The van der Waals surface area contributed by atoms with Gasteiger partial charge in [-0.3, -0.25) is 0 Å². The zero-order chi connectivity index (χ0) is 36.2. The molecule has 1 unspecified atom stereocenters. The minimum atomic E-state index is 0.355. The van der Waals surface area contributed by atoms with Crippen molar-refractivity contribution in [3.63, 3.8) is 0 Å². The fourth-order valence-electron chi connectivity index (χ4n) is 8.46. The summed E-state index contributed by atoms with van der Waals surface area (Å²) in [4.78, 5) is 0. The lowest BCUT2D eigenvalue weighted by molar-refractivity contribution is 0.830. The van der Waals surface area contributed by atoms with Crippen LogP contribution < -0.4 is 0 Å². The van der Waals surface area contributed by atoms with E-state index in [0.29, 0.717) is 5.92 Å². The molecule has 10 rings (SSSR count). The van der Waals surface area contributed by atoms with Gasteiger partial charge in [-0.25, -0.2) is 0 Å². The van der Waals surface area contributed by atoms with Gasteiger partial charge in [-0.2, -0.15) is 0 Å². The smallest absolute Gasteiger partial charge is 0.0541 e. The first kappa shape index (κ1) is 31.8. The summed E-state index contributed by atoms with van der Waals surface area (Å²) in [6.07, 6.45) is 11.5. The van der Waals surface area contributed by atoms with E-state index in [1.807, 2.05) is 12.2 Å². The van der Waals surface area contributed by atoms with Crippen molar-refractivity contribution in [3.05, 3.63) is 212 Å². The number of hydrogen-bond acceptors (Lipinski definition) is 0. The summed E-state index contributed by atoms with van der Waals surface area (Å²) >= 11 is 0. The maximum Gasteiger partial charge on any atom is 0.0541 e. The number of allylic oxidation sites excluding steroid dienone is 5. The monoisotopic (exact) mass is 690 g/mol. The second kappa shape index (κ2) is 12.9. The average molecular weight is 691 g/mol. The van der Waals surface area contributed by atoms with Gasteiger partial charge in [0.1, 0.15) is 0 Å². The Morgan fingerprint density at radius 3 is 1.65 bits per heavy atom. The van der Waals surface area contributed by atoms with Crippen molar-refractivity contribution in [1.82, 2.24) is 9.13 Å². The second-order valence-corrected chi connectivity index (χ2v) is 14.3. The topological polar surface area (TPSA) is 9.86 Å². The maximum absolute atomic E-state index is 4.01.